The van der Waals surface area contributed by atoms with Crippen LogP contribution in [0.15, 0.2) is 70.3 Å². The van der Waals surface area contributed by atoms with Gasteiger partial charge in [-0.3, -0.25) is 0 Å². The van der Waals surface area contributed by atoms with Crippen LogP contribution in [0.4, 0.5) is 0 Å². The molecule has 0 nitrogen and oxygen atoms in total. The summed E-state index contributed by atoms with van der Waals surface area (Å²) in [5.41, 5.74) is 17.8. The molecule has 1 unspecified atom stereocenters. The van der Waals surface area contributed by atoms with E-state index in [1.807, 2.05) is 0 Å². The number of rotatable bonds is 3. The van der Waals surface area contributed by atoms with E-state index in [0.29, 0.717) is 9.04 Å². The predicted molar refractivity (Wildman–Crippen MR) is 146 cm³/mol. The SMILES string of the molecule is CC1=C(C)[CH]([Zr]([CH]2C(C)=C(c3ccccc3)c3cc4c(cc32)CC(C)(C)C4)=[Si](C)C)C(C)=C1C. The van der Waals surface area contributed by atoms with Crippen molar-refractivity contribution in [1.82, 2.24) is 0 Å². The van der Waals surface area contributed by atoms with Gasteiger partial charge in [-0.2, -0.15) is 0 Å². The molecule has 0 N–H and O–H groups in total. The second-order valence-electron chi connectivity index (χ2n) is 12.1. The van der Waals surface area contributed by atoms with Gasteiger partial charge < -0.3 is 0 Å². The Morgan fingerprint density at radius 3 is 1.88 bits per heavy atom. The summed E-state index contributed by atoms with van der Waals surface area (Å²) in [6, 6.07) is 16.6. The van der Waals surface area contributed by atoms with Crippen LogP contribution in [0.1, 0.15) is 79.9 Å². The summed E-state index contributed by atoms with van der Waals surface area (Å²) >= 11 is -1.97. The molecule has 2 heteroatoms. The van der Waals surface area contributed by atoms with Gasteiger partial charge in [-0.15, -0.1) is 0 Å². The van der Waals surface area contributed by atoms with Crippen molar-refractivity contribution in [1.29, 1.82) is 0 Å². The number of benzene rings is 2. The van der Waals surface area contributed by atoms with E-state index >= 15 is 0 Å². The molecule has 3 aliphatic rings. The van der Waals surface area contributed by atoms with Gasteiger partial charge in [0.1, 0.15) is 0 Å². The molecule has 0 fully saturated rings. The Balaban J connectivity index is 1.77. The summed E-state index contributed by atoms with van der Waals surface area (Å²) < 4.78 is 1.48. The Bertz CT molecular complexity index is 1300. The van der Waals surface area contributed by atoms with Gasteiger partial charge in [-0.1, -0.05) is 0 Å². The monoisotopic (exact) mass is 542 g/mol. The molecule has 0 aliphatic heterocycles. The fraction of sp³-hybridized carbons (Fsp3) is 0.438. The van der Waals surface area contributed by atoms with Crippen LogP contribution in [0.5, 0.6) is 0 Å². The molecular weight excluding hydrogens is 504 g/mol. The quantitative estimate of drug-likeness (QED) is 0.339. The third kappa shape index (κ3) is 3.79. The van der Waals surface area contributed by atoms with Crippen molar-refractivity contribution < 1.29 is 20.4 Å². The van der Waals surface area contributed by atoms with Crippen molar-refractivity contribution in [2.24, 2.45) is 5.41 Å². The Morgan fingerprint density at radius 2 is 1.32 bits per heavy atom. The molecular formula is C32H40SiZr. The minimum absolute atomic E-state index is 0.371. The van der Waals surface area contributed by atoms with Gasteiger partial charge in [0.2, 0.25) is 0 Å². The number of fused-ring (bicyclic) bond motifs is 2. The summed E-state index contributed by atoms with van der Waals surface area (Å²) in [5.74, 6) is 0. The molecule has 176 valence electrons. The van der Waals surface area contributed by atoms with Crippen molar-refractivity contribution in [2.45, 2.75) is 81.7 Å². The van der Waals surface area contributed by atoms with Crippen molar-refractivity contribution in [2.75, 3.05) is 0 Å². The van der Waals surface area contributed by atoms with Gasteiger partial charge in [-0.25, -0.2) is 0 Å². The molecule has 0 heterocycles. The number of allylic oxidation sites excluding steroid dienone is 5. The summed E-state index contributed by atoms with van der Waals surface area (Å²) in [6.07, 6.45) is 2.45. The van der Waals surface area contributed by atoms with E-state index in [9.17, 15) is 0 Å². The molecule has 2 aromatic carbocycles. The van der Waals surface area contributed by atoms with Crippen LogP contribution in [-0.2, 0) is 33.2 Å². The van der Waals surface area contributed by atoms with E-state index in [1.165, 1.54) is 18.4 Å². The molecule has 5 rings (SSSR count). The zero-order valence-electron chi connectivity index (χ0n) is 22.6. The Labute approximate surface area is 215 Å². The second-order valence-corrected chi connectivity index (χ2v) is 30.0. The first-order valence-corrected chi connectivity index (χ1v) is 22.0. The van der Waals surface area contributed by atoms with Crippen molar-refractivity contribution in [3.05, 3.63) is 98.1 Å². The predicted octanol–water partition coefficient (Wildman–Crippen LogP) is 9.03. The normalized spacial score (nSPS) is 21.5. The zero-order chi connectivity index (χ0) is 24.5. The van der Waals surface area contributed by atoms with Gasteiger partial charge in [0.15, 0.2) is 0 Å². The molecule has 0 saturated carbocycles. The maximum absolute atomic E-state index is 2.70. The van der Waals surface area contributed by atoms with Gasteiger partial charge in [0, 0.05) is 0 Å². The van der Waals surface area contributed by atoms with Gasteiger partial charge in [-0.05, 0) is 0 Å². The Morgan fingerprint density at radius 1 is 0.765 bits per heavy atom. The molecule has 0 spiro atoms. The summed E-state index contributed by atoms with van der Waals surface area (Å²) in [6.45, 7) is 22.4. The number of hydrogen-bond acceptors (Lipinski definition) is 0. The van der Waals surface area contributed by atoms with Gasteiger partial charge >= 0.3 is 217 Å². The molecule has 0 amide bonds. The topological polar surface area (TPSA) is 0 Å². The van der Waals surface area contributed by atoms with Crippen molar-refractivity contribution in [3.8, 4) is 0 Å². The summed E-state index contributed by atoms with van der Waals surface area (Å²) in [4.78, 5) is 0. The Kier molecular flexibility index (Phi) is 6.26. The van der Waals surface area contributed by atoms with Crippen LogP contribution < -0.4 is 0 Å². The zero-order valence-corrected chi connectivity index (χ0v) is 26.1. The Hall–Kier alpha value is -1.24. The molecule has 0 radical (unpaired) electrons. The average Bonchev–Trinajstić information content (AvgIpc) is 3.30. The van der Waals surface area contributed by atoms with E-state index in [-0.39, 0.29) is 5.43 Å². The van der Waals surface area contributed by atoms with Crippen LogP contribution >= 0.6 is 0 Å². The van der Waals surface area contributed by atoms with Crippen LogP contribution in [0.25, 0.3) is 5.57 Å². The van der Waals surface area contributed by atoms with Gasteiger partial charge in [0.05, 0.1) is 0 Å². The van der Waals surface area contributed by atoms with E-state index < -0.39 is 20.4 Å². The fourth-order valence-electron chi connectivity index (χ4n) is 7.13. The molecule has 2 aromatic rings. The molecule has 0 bridgehead atoms. The first kappa shape index (κ1) is 24.5. The van der Waals surface area contributed by atoms with Crippen LogP contribution in [0, 0.1) is 5.41 Å². The molecule has 0 saturated heterocycles. The van der Waals surface area contributed by atoms with Crippen molar-refractivity contribution >= 4 is 11.0 Å². The fourth-order valence-corrected chi connectivity index (χ4v) is 28.6. The van der Waals surface area contributed by atoms with Crippen LogP contribution in [0.3, 0.4) is 0 Å². The van der Waals surface area contributed by atoms with Gasteiger partial charge in [0.25, 0.3) is 0 Å². The third-order valence-electron chi connectivity index (χ3n) is 8.99. The second kappa shape index (κ2) is 8.70. The summed E-state index contributed by atoms with van der Waals surface area (Å²) in [7, 11) is 0. The average molecular weight is 544 g/mol. The van der Waals surface area contributed by atoms with E-state index in [2.05, 4.69) is 104 Å². The third-order valence-corrected chi connectivity index (χ3v) is 29.1. The first-order valence-electron chi connectivity index (χ1n) is 13.0. The van der Waals surface area contributed by atoms with Crippen molar-refractivity contribution in [3.63, 3.8) is 0 Å². The maximum atomic E-state index is 2.70. The molecule has 3 aliphatic carbocycles. The first-order chi connectivity index (χ1) is 16.0. The molecule has 1 atom stereocenters. The van der Waals surface area contributed by atoms with E-state index in [1.54, 1.807) is 55.7 Å². The van der Waals surface area contributed by atoms with Crippen LogP contribution in [-0.4, -0.2) is 5.43 Å². The van der Waals surface area contributed by atoms with E-state index in [0.717, 1.165) is 3.63 Å². The molecule has 34 heavy (non-hydrogen) atoms. The summed E-state index contributed by atoms with van der Waals surface area (Å²) in [5, 5.41) is 0. The molecule has 0 aromatic heterocycles. The van der Waals surface area contributed by atoms with Crippen LogP contribution in [0.2, 0.25) is 16.7 Å². The van der Waals surface area contributed by atoms with E-state index in [4.69, 9.17) is 0 Å². The number of hydrogen-bond donors (Lipinski definition) is 0. The standard InChI is InChI=1S/C21H21.C9H13.C2H6Si.Zr/c1-14-9-16-10-17-12-21(2,3)13-18(17)11-19(16)20(14)15-7-5-4-6-8-15;1-6-5-7(2)9(4)8(6)3;1-3-2;/h4-11H,12-13H2,1-3H3;5H,1-4H3;1-2H3;. The minimum atomic E-state index is -1.97.